The number of aliphatic imine (C=N–C) groups is 1. The van der Waals surface area contributed by atoms with E-state index < -0.39 is 11.7 Å². The number of halogens is 5. The number of nitrogens with zero attached hydrogens (tertiary/aromatic N) is 3. The molecular formula is C21H12Cl2F3N3. The van der Waals surface area contributed by atoms with E-state index in [1.54, 1.807) is 40.9 Å². The third-order valence-corrected chi connectivity index (χ3v) is 4.79. The maximum Gasteiger partial charge on any atom is 0.416 e. The molecule has 2 aromatic heterocycles. The Morgan fingerprint density at radius 1 is 0.966 bits per heavy atom. The molecule has 0 radical (unpaired) electrons. The monoisotopic (exact) mass is 433 g/mol. The summed E-state index contributed by atoms with van der Waals surface area (Å²) in [7, 11) is 0. The van der Waals surface area contributed by atoms with Crippen LogP contribution in [0.3, 0.4) is 0 Å². The van der Waals surface area contributed by atoms with Crippen molar-refractivity contribution in [3.8, 4) is 11.3 Å². The van der Waals surface area contributed by atoms with Gasteiger partial charge in [-0.25, -0.2) is 9.98 Å². The number of benzene rings is 2. The first-order valence-electron chi connectivity index (χ1n) is 8.47. The highest BCUT2D eigenvalue weighted by Crippen LogP contribution is 2.36. The van der Waals surface area contributed by atoms with Gasteiger partial charge in [0.25, 0.3) is 0 Å². The molecule has 8 heteroatoms. The van der Waals surface area contributed by atoms with Gasteiger partial charge in [-0.2, -0.15) is 13.2 Å². The Kier molecular flexibility index (Phi) is 5.06. The maximum atomic E-state index is 13.0. The average Bonchev–Trinajstić information content (AvgIpc) is 3.04. The molecule has 0 saturated carbocycles. The van der Waals surface area contributed by atoms with Gasteiger partial charge < -0.3 is 0 Å². The highest BCUT2D eigenvalue weighted by Gasteiger charge is 2.30. The van der Waals surface area contributed by atoms with E-state index in [1.165, 1.54) is 12.3 Å². The fraction of sp³-hybridized carbons (Fsp3) is 0.0476. The lowest BCUT2D eigenvalue weighted by molar-refractivity contribution is -0.137. The lowest BCUT2D eigenvalue weighted by Gasteiger charge is -2.06. The number of hydrogen-bond acceptors (Lipinski definition) is 2. The predicted octanol–water partition coefficient (Wildman–Crippen LogP) is 7.08. The fourth-order valence-corrected chi connectivity index (χ4v) is 3.40. The van der Waals surface area contributed by atoms with E-state index >= 15 is 0 Å². The summed E-state index contributed by atoms with van der Waals surface area (Å²) in [5.41, 5.74) is 1.33. The summed E-state index contributed by atoms with van der Waals surface area (Å²) in [6.45, 7) is 0. The van der Waals surface area contributed by atoms with E-state index in [2.05, 4.69) is 9.98 Å². The zero-order chi connectivity index (χ0) is 20.6. The van der Waals surface area contributed by atoms with Crippen LogP contribution in [0.5, 0.6) is 0 Å². The molecule has 4 aromatic rings. The minimum absolute atomic E-state index is 0.318. The maximum absolute atomic E-state index is 13.0. The van der Waals surface area contributed by atoms with E-state index in [1.807, 2.05) is 12.1 Å². The van der Waals surface area contributed by atoms with Crippen molar-refractivity contribution < 1.29 is 13.2 Å². The van der Waals surface area contributed by atoms with Crippen LogP contribution in [0.25, 0.3) is 16.9 Å². The minimum atomic E-state index is -4.42. The molecular weight excluding hydrogens is 422 g/mol. The van der Waals surface area contributed by atoms with Crippen LogP contribution < -0.4 is 0 Å². The molecule has 3 nitrogen and oxygen atoms in total. The molecule has 146 valence electrons. The van der Waals surface area contributed by atoms with Crippen molar-refractivity contribution >= 4 is 40.9 Å². The zero-order valence-corrected chi connectivity index (χ0v) is 16.2. The van der Waals surface area contributed by atoms with Gasteiger partial charge in [0.1, 0.15) is 11.3 Å². The molecule has 0 N–H and O–H groups in total. The lowest BCUT2D eigenvalue weighted by atomic mass is 10.1. The van der Waals surface area contributed by atoms with Gasteiger partial charge in [-0.3, -0.25) is 4.40 Å². The predicted molar refractivity (Wildman–Crippen MR) is 109 cm³/mol. The molecule has 0 saturated heterocycles. The van der Waals surface area contributed by atoms with Crippen molar-refractivity contribution in [1.29, 1.82) is 0 Å². The Morgan fingerprint density at radius 2 is 1.79 bits per heavy atom. The lowest BCUT2D eigenvalue weighted by Crippen LogP contribution is -2.04. The summed E-state index contributed by atoms with van der Waals surface area (Å²) in [6.07, 6.45) is -1.28. The quantitative estimate of drug-likeness (QED) is 0.317. The molecule has 0 aliphatic heterocycles. The van der Waals surface area contributed by atoms with Crippen LogP contribution in [-0.2, 0) is 6.18 Å². The van der Waals surface area contributed by atoms with Gasteiger partial charge in [0.15, 0.2) is 5.82 Å². The molecule has 29 heavy (non-hydrogen) atoms. The van der Waals surface area contributed by atoms with Crippen molar-refractivity contribution in [1.82, 2.24) is 9.38 Å². The second-order valence-corrected chi connectivity index (χ2v) is 7.06. The van der Waals surface area contributed by atoms with Crippen molar-refractivity contribution in [2.24, 2.45) is 4.99 Å². The Labute approximate surface area is 174 Å². The number of imidazole rings is 1. The first-order valence-corrected chi connectivity index (χ1v) is 9.22. The SMILES string of the molecule is FC(F)(F)c1cccc(C=Nc2c(-c3ccc(Cl)cc3Cl)nc3ccccn23)c1. The smallest absolute Gasteiger partial charge is 0.284 e. The molecule has 0 aliphatic rings. The number of fused-ring (bicyclic) bond motifs is 1. The van der Waals surface area contributed by atoms with Gasteiger partial charge in [0, 0.05) is 23.0 Å². The standard InChI is InChI=1S/C21H12Cl2F3N3/c22-15-7-8-16(17(23)11-15)19-20(29-9-2-1-6-18(29)28-19)27-12-13-4-3-5-14(10-13)21(24,25)26/h1-12H. The van der Waals surface area contributed by atoms with Gasteiger partial charge in [-0.1, -0.05) is 41.4 Å². The molecule has 0 aliphatic carbocycles. The highest BCUT2D eigenvalue weighted by atomic mass is 35.5. The second kappa shape index (κ2) is 7.54. The average molecular weight is 434 g/mol. The molecule has 0 fully saturated rings. The number of hydrogen-bond donors (Lipinski definition) is 0. The topological polar surface area (TPSA) is 29.7 Å². The van der Waals surface area contributed by atoms with Gasteiger partial charge in [-0.05, 0) is 48.0 Å². The Balaban J connectivity index is 1.84. The normalized spacial score (nSPS) is 12.2. The Morgan fingerprint density at radius 3 is 2.55 bits per heavy atom. The second-order valence-electron chi connectivity index (χ2n) is 6.22. The summed E-state index contributed by atoms with van der Waals surface area (Å²) in [5, 5.41) is 0.882. The van der Waals surface area contributed by atoms with Crippen LogP contribution in [0.2, 0.25) is 10.0 Å². The summed E-state index contributed by atoms with van der Waals surface area (Å²) in [4.78, 5) is 9.03. The number of alkyl halides is 3. The van der Waals surface area contributed by atoms with E-state index in [4.69, 9.17) is 23.2 Å². The molecule has 0 amide bonds. The van der Waals surface area contributed by atoms with Crippen LogP contribution in [0.4, 0.5) is 19.0 Å². The minimum Gasteiger partial charge on any atom is -0.284 e. The van der Waals surface area contributed by atoms with Crippen molar-refractivity contribution in [2.75, 3.05) is 0 Å². The van der Waals surface area contributed by atoms with Crippen LogP contribution in [-0.4, -0.2) is 15.6 Å². The van der Waals surface area contributed by atoms with Gasteiger partial charge in [0.05, 0.1) is 10.6 Å². The van der Waals surface area contributed by atoms with Crippen molar-refractivity contribution in [2.45, 2.75) is 6.18 Å². The summed E-state index contributed by atoms with van der Waals surface area (Å²) >= 11 is 12.3. The van der Waals surface area contributed by atoms with E-state index in [-0.39, 0.29) is 0 Å². The third-order valence-electron chi connectivity index (χ3n) is 4.24. The van der Waals surface area contributed by atoms with Gasteiger partial charge in [0.2, 0.25) is 0 Å². The Bertz CT molecular complexity index is 1230. The summed E-state index contributed by atoms with van der Waals surface area (Å²) in [6, 6.07) is 15.4. The summed E-state index contributed by atoms with van der Waals surface area (Å²) < 4.78 is 40.6. The fourth-order valence-electron chi connectivity index (χ4n) is 2.90. The van der Waals surface area contributed by atoms with Gasteiger partial charge >= 0.3 is 6.18 Å². The molecule has 0 bridgehead atoms. The van der Waals surface area contributed by atoms with Crippen molar-refractivity contribution in [3.05, 3.63) is 88.0 Å². The number of pyridine rings is 1. The van der Waals surface area contributed by atoms with E-state index in [9.17, 15) is 13.2 Å². The summed E-state index contributed by atoms with van der Waals surface area (Å²) in [5.74, 6) is 0.447. The molecule has 0 unspecified atom stereocenters. The molecule has 2 heterocycles. The first kappa shape index (κ1) is 19.5. The van der Waals surface area contributed by atoms with Gasteiger partial charge in [-0.15, -0.1) is 0 Å². The van der Waals surface area contributed by atoms with Crippen LogP contribution in [0.1, 0.15) is 11.1 Å². The Hall–Kier alpha value is -2.83. The molecule has 0 spiro atoms. The van der Waals surface area contributed by atoms with E-state index in [0.717, 1.165) is 12.1 Å². The van der Waals surface area contributed by atoms with E-state index in [0.29, 0.717) is 38.3 Å². The third kappa shape index (κ3) is 3.99. The highest BCUT2D eigenvalue weighted by molar-refractivity contribution is 6.36. The van der Waals surface area contributed by atoms with Crippen molar-refractivity contribution in [3.63, 3.8) is 0 Å². The zero-order valence-electron chi connectivity index (χ0n) is 14.7. The largest absolute Gasteiger partial charge is 0.416 e. The van der Waals surface area contributed by atoms with Crippen LogP contribution in [0.15, 0.2) is 71.9 Å². The molecule has 0 atom stereocenters. The molecule has 2 aromatic carbocycles. The molecule has 4 rings (SSSR count). The first-order chi connectivity index (χ1) is 13.8. The van der Waals surface area contributed by atoms with Crippen LogP contribution in [0, 0.1) is 0 Å². The number of rotatable bonds is 3. The van der Waals surface area contributed by atoms with Crippen LogP contribution >= 0.6 is 23.2 Å². The number of aromatic nitrogens is 2.